The molecule has 1 fully saturated rings. The highest BCUT2D eigenvalue weighted by molar-refractivity contribution is 4.80. The normalized spacial score (nSPS) is 27.9. The molecule has 2 atom stereocenters. The Labute approximate surface area is 87.6 Å². The first-order valence-corrected chi connectivity index (χ1v) is 5.61. The fourth-order valence-corrected chi connectivity index (χ4v) is 1.77. The zero-order valence-electron chi connectivity index (χ0n) is 9.70. The van der Waals surface area contributed by atoms with Gasteiger partial charge in [0.05, 0.1) is 13.2 Å². The number of nitrogens with two attached hydrogens (primary N) is 1. The van der Waals surface area contributed by atoms with Gasteiger partial charge in [-0.25, -0.2) is 0 Å². The molecule has 1 rings (SSSR count). The smallest absolute Gasteiger partial charge is 0.0621 e. The number of hydrogen-bond donors (Lipinski definition) is 1. The number of ether oxygens (including phenoxy) is 1. The highest BCUT2D eigenvalue weighted by Crippen LogP contribution is 2.13. The van der Waals surface area contributed by atoms with Crippen LogP contribution in [-0.2, 0) is 4.74 Å². The van der Waals surface area contributed by atoms with Crippen LogP contribution in [0.15, 0.2) is 0 Å². The molecule has 1 aliphatic rings. The SMILES string of the molecule is CC(C)CCN(C)CC1COCC1N. The van der Waals surface area contributed by atoms with Crippen molar-refractivity contribution in [3.8, 4) is 0 Å². The largest absolute Gasteiger partial charge is 0.379 e. The maximum atomic E-state index is 5.93. The Morgan fingerprint density at radius 3 is 2.64 bits per heavy atom. The van der Waals surface area contributed by atoms with Crippen molar-refractivity contribution in [2.45, 2.75) is 26.3 Å². The summed E-state index contributed by atoms with van der Waals surface area (Å²) >= 11 is 0. The predicted octanol–water partition coefficient (Wildman–Crippen LogP) is 0.938. The van der Waals surface area contributed by atoms with Crippen LogP contribution in [0.3, 0.4) is 0 Å². The predicted molar refractivity (Wildman–Crippen MR) is 59.2 cm³/mol. The fourth-order valence-electron chi connectivity index (χ4n) is 1.77. The lowest BCUT2D eigenvalue weighted by molar-refractivity contribution is 0.172. The second-order valence-electron chi connectivity index (χ2n) is 4.91. The van der Waals surface area contributed by atoms with E-state index < -0.39 is 0 Å². The lowest BCUT2D eigenvalue weighted by Gasteiger charge is -2.22. The van der Waals surface area contributed by atoms with Crippen molar-refractivity contribution in [3.63, 3.8) is 0 Å². The summed E-state index contributed by atoms with van der Waals surface area (Å²) in [6.45, 7) is 8.35. The molecule has 0 spiro atoms. The third-order valence-corrected chi connectivity index (χ3v) is 2.88. The minimum absolute atomic E-state index is 0.247. The molecule has 2 unspecified atom stereocenters. The number of nitrogens with zero attached hydrogens (tertiary/aromatic N) is 1. The minimum Gasteiger partial charge on any atom is -0.379 e. The van der Waals surface area contributed by atoms with Gasteiger partial charge in [-0.2, -0.15) is 0 Å². The van der Waals surface area contributed by atoms with E-state index in [4.69, 9.17) is 10.5 Å². The Balaban J connectivity index is 2.16. The summed E-state index contributed by atoms with van der Waals surface area (Å²) in [5, 5.41) is 0. The number of hydrogen-bond acceptors (Lipinski definition) is 3. The molecule has 3 nitrogen and oxygen atoms in total. The molecule has 2 N–H and O–H groups in total. The summed E-state index contributed by atoms with van der Waals surface area (Å²) in [4.78, 5) is 2.37. The van der Waals surface area contributed by atoms with Gasteiger partial charge in [-0.15, -0.1) is 0 Å². The third-order valence-electron chi connectivity index (χ3n) is 2.88. The molecule has 14 heavy (non-hydrogen) atoms. The molecule has 0 aliphatic carbocycles. The first kappa shape index (κ1) is 12.0. The second-order valence-corrected chi connectivity index (χ2v) is 4.91. The van der Waals surface area contributed by atoms with Gasteiger partial charge >= 0.3 is 0 Å². The van der Waals surface area contributed by atoms with Crippen LogP contribution in [0.4, 0.5) is 0 Å². The van der Waals surface area contributed by atoms with Crippen molar-refractivity contribution in [2.75, 3.05) is 33.4 Å². The molecular formula is C11H24N2O. The van der Waals surface area contributed by atoms with Gasteiger partial charge in [0.15, 0.2) is 0 Å². The lowest BCUT2D eigenvalue weighted by atomic mass is 10.0. The van der Waals surface area contributed by atoms with Gasteiger partial charge in [-0.1, -0.05) is 13.8 Å². The van der Waals surface area contributed by atoms with Crippen LogP contribution < -0.4 is 5.73 Å². The molecular weight excluding hydrogens is 176 g/mol. The molecule has 0 radical (unpaired) electrons. The van der Waals surface area contributed by atoms with E-state index in [1.165, 1.54) is 13.0 Å². The Kier molecular flexibility index (Phi) is 4.85. The molecule has 0 amide bonds. The van der Waals surface area contributed by atoms with Crippen LogP contribution in [0, 0.1) is 11.8 Å². The summed E-state index contributed by atoms with van der Waals surface area (Å²) in [5.74, 6) is 1.32. The van der Waals surface area contributed by atoms with Gasteiger partial charge in [0, 0.05) is 18.5 Å². The Hall–Kier alpha value is -0.120. The van der Waals surface area contributed by atoms with Crippen molar-refractivity contribution < 1.29 is 4.74 Å². The van der Waals surface area contributed by atoms with Crippen molar-refractivity contribution in [1.82, 2.24) is 4.90 Å². The zero-order valence-corrected chi connectivity index (χ0v) is 9.70. The summed E-state index contributed by atoms with van der Waals surface area (Å²) < 4.78 is 5.34. The Morgan fingerprint density at radius 1 is 1.43 bits per heavy atom. The summed E-state index contributed by atoms with van der Waals surface area (Å²) in [6.07, 6.45) is 1.26. The van der Waals surface area contributed by atoms with Crippen LogP contribution >= 0.6 is 0 Å². The Bertz CT molecular complexity index is 161. The van der Waals surface area contributed by atoms with Gasteiger partial charge in [0.25, 0.3) is 0 Å². The van der Waals surface area contributed by atoms with Crippen LogP contribution in [0.2, 0.25) is 0 Å². The van der Waals surface area contributed by atoms with E-state index in [-0.39, 0.29) is 6.04 Å². The monoisotopic (exact) mass is 200 g/mol. The van der Waals surface area contributed by atoms with E-state index in [0.29, 0.717) is 5.92 Å². The lowest BCUT2D eigenvalue weighted by Crippen LogP contribution is -2.37. The zero-order chi connectivity index (χ0) is 10.6. The second kappa shape index (κ2) is 5.69. The molecule has 0 aromatic carbocycles. The van der Waals surface area contributed by atoms with E-state index in [9.17, 15) is 0 Å². The Morgan fingerprint density at radius 2 is 2.14 bits per heavy atom. The molecule has 0 aromatic heterocycles. The van der Waals surface area contributed by atoms with Crippen molar-refractivity contribution >= 4 is 0 Å². The summed E-state index contributed by atoms with van der Waals surface area (Å²) in [7, 11) is 2.17. The maximum absolute atomic E-state index is 5.93. The molecule has 1 aliphatic heterocycles. The third kappa shape index (κ3) is 3.95. The van der Waals surface area contributed by atoms with E-state index in [2.05, 4.69) is 25.8 Å². The van der Waals surface area contributed by atoms with E-state index in [0.717, 1.165) is 25.7 Å². The fraction of sp³-hybridized carbons (Fsp3) is 1.00. The molecule has 0 saturated carbocycles. The standard InChI is InChI=1S/C11H24N2O/c1-9(2)4-5-13(3)6-10-7-14-8-11(10)12/h9-11H,4-8,12H2,1-3H3. The molecule has 0 aromatic rings. The maximum Gasteiger partial charge on any atom is 0.0621 e. The first-order valence-electron chi connectivity index (χ1n) is 5.61. The molecule has 1 saturated heterocycles. The van der Waals surface area contributed by atoms with Crippen LogP contribution in [0.1, 0.15) is 20.3 Å². The number of rotatable bonds is 5. The molecule has 1 heterocycles. The quantitative estimate of drug-likeness (QED) is 0.718. The van der Waals surface area contributed by atoms with Crippen LogP contribution in [0.5, 0.6) is 0 Å². The summed E-state index contributed by atoms with van der Waals surface area (Å²) in [6, 6.07) is 0.247. The van der Waals surface area contributed by atoms with Crippen LogP contribution in [-0.4, -0.2) is 44.3 Å². The summed E-state index contributed by atoms with van der Waals surface area (Å²) in [5.41, 5.74) is 5.93. The van der Waals surface area contributed by atoms with Gasteiger partial charge in [-0.3, -0.25) is 0 Å². The average molecular weight is 200 g/mol. The van der Waals surface area contributed by atoms with Crippen molar-refractivity contribution in [3.05, 3.63) is 0 Å². The van der Waals surface area contributed by atoms with Gasteiger partial charge in [0.2, 0.25) is 0 Å². The average Bonchev–Trinajstić information content (AvgIpc) is 2.49. The van der Waals surface area contributed by atoms with Crippen molar-refractivity contribution in [2.24, 2.45) is 17.6 Å². The van der Waals surface area contributed by atoms with Gasteiger partial charge < -0.3 is 15.4 Å². The highest BCUT2D eigenvalue weighted by atomic mass is 16.5. The van der Waals surface area contributed by atoms with E-state index in [1.54, 1.807) is 0 Å². The topological polar surface area (TPSA) is 38.5 Å². The molecule has 3 heteroatoms. The van der Waals surface area contributed by atoms with E-state index in [1.807, 2.05) is 0 Å². The molecule has 0 bridgehead atoms. The van der Waals surface area contributed by atoms with Gasteiger partial charge in [0.1, 0.15) is 0 Å². The highest BCUT2D eigenvalue weighted by Gasteiger charge is 2.25. The first-order chi connectivity index (χ1) is 6.59. The van der Waals surface area contributed by atoms with Gasteiger partial charge in [-0.05, 0) is 25.9 Å². The molecule has 84 valence electrons. The minimum atomic E-state index is 0.247. The van der Waals surface area contributed by atoms with E-state index >= 15 is 0 Å². The van der Waals surface area contributed by atoms with Crippen LogP contribution in [0.25, 0.3) is 0 Å². The van der Waals surface area contributed by atoms with Crippen molar-refractivity contribution in [1.29, 1.82) is 0 Å².